The third-order valence-corrected chi connectivity index (χ3v) is 2.51. The molecule has 3 heteroatoms. The molecule has 0 unspecified atom stereocenters. The smallest absolute Gasteiger partial charge is 0.104 e. The first-order chi connectivity index (χ1) is 8.76. The van der Waals surface area contributed by atoms with E-state index in [4.69, 9.17) is 9.84 Å². The first-order valence-electron chi connectivity index (χ1n) is 6.21. The molecule has 1 N–H and O–H groups in total. The Morgan fingerprint density at radius 3 is 2.94 bits per heavy atom. The molecule has 1 rings (SSSR count). The van der Waals surface area contributed by atoms with Gasteiger partial charge in [0.1, 0.15) is 6.61 Å². The van der Waals surface area contributed by atoms with Crippen LogP contribution in [0, 0.1) is 11.8 Å². The first kappa shape index (κ1) is 14.7. The van der Waals surface area contributed by atoms with Gasteiger partial charge in [-0.2, -0.15) is 0 Å². The second kappa shape index (κ2) is 8.71. The van der Waals surface area contributed by atoms with Gasteiger partial charge in [-0.15, -0.1) is 0 Å². The summed E-state index contributed by atoms with van der Waals surface area (Å²) in [4.78, 5) is 2.22. The summed E-state index contributed by atoms with van der Waals surface area (Å²) in [5.74, 6) is 5.58. The lowest BCUT2D eigenvalue weighted by atomic mass is 10.1. The average Bonchev–Trinajstić information content (AvgIpc) is 2.37. The third-order valence-electron chi connectivity index (χ3n) is 2.51. The van der Waals surface area contributed by atoms with Crippen molar-refractivity contribution < 1.29 is 9.84 Å². The summed E-state index contributed by atoms with van der Waals surface area (Å²) < 4.78 is 5.33. The number of likely N-dealkylation sites (N-methyl/N-ethyl adjacent to an activating group) is 1. The Labute approximate surface area is 109 Å². The largest absolute Gasteiger partial charge is 0.384 e. The van der Waals surface area contributed by atoms with E-state index in [1.165, 1.54) is 5.56 Å². The Bertz CT molecular complexity index is 406. The summed E-state index contributed by atoms with van der Waals surface area (Å²) in [6.07, 6.45) is 0. The van der Waals surface area contributed by atoms with Gasteiger partial charge in [-0.05, 0) is 31.7 Å². The van der Waals surface area contributed by atoms with Crippen LogP contribution in [0.4, 0.5) is 0 Å². The maximum absolute atomic E-state index is 8.67. The third kappa shape index (κ3) is 5.83. The number of benzene rings is 1. The lowest BCUT2D eigenvalue weighted by molar-refractivity contribution is 0.120. The van der Waals surface area contributed by atoms with Crippen LogP contribution in [0.25, 0.3) is 0 Å². The van der Waals surface area contributed by atoms with E-state index in [9.17, 15) is 0 Å². The molecule has 0 amide bonds. The van der Waals surface area contributed by atoms with Crippen LogP contribution in [0.3, 0.4) is 0 Å². The van der Waals surface area contributed by atoms with Crippen LogP contribution >= 0.6 is 0 Å². The van der Waals surface area contributed by atoms with E-state index in [-0.39, 0.29) is 6.61 Å². The molecule has 1 aromatic rings. The Morgan fingerprint density at radius 1 is 1.39 bits per heavy atom. The van der Waals surface area contributed by atoms with Crippen molar-refractivity contribution in [2.75, 3.05) is 33.4 Å². The molecule has 0 atom stereocenters. The van der Waals surface area contributed by atoms with Crippen molar-refractivity contribution in [2.45, 2.75) is 13.5 Å². The second-order valence-electron chi connectivity index (χ2n) is 4.09. The van der Waals surface area contributed by atoms with Crippen molar-refractivity contribution in [3.05, 3.63) is 35.4 Å². The highest BCUT2D eigenvalue weighted by molar-refractivity contribution is 5.37. The zero-order valence-electron chi connectivity index (χ0n) is 11.1. The highest BCUT2D eigenvalue weighted by atomic mass is 16.5. The minimum absolute atomic E-state index is 0.0987. The number of aliphatic hydroxyl groups is 1. The number of hydrogen-bond acceptors (Lipinski definition) is 3. The van der Waals surface area contributed by atoms with Gasteiger partial charge < -0.3 is 9.84 Å². The summed E-state index contributed by atoms with van der Waals surface area (Å²) >= 11 is 0. The molecular weight excluding hydrogens is 226 g/mol. The van der Waals surface area contributed by atoms with Gasteiger partial charge >= 0.3 is 0 Å². The molecule has 0 aromatic heterocycles. The van der Waals surface area contributed by atoms with Gasteiger partial charge in [0.15, 0.2) is 0 Å². The SMILES string of the molecule is CCOCCN(C)Cc1cccc(C#CCO)c1. The van der Waals surface area contributed by atoms with E-state index < -0.39 is 0 Å². The van der Waals surface area contributed by atoms with Crippen LogP contribution in [0.1, 0.15) is 18.1 Å². The van der Waals surface area contributed by atoms with E-state index in [2.05, 4.69) is 35.9 Å². The molecule has 0 heterocycles. The van der Waals surface area contributed by atoms with Crippen molar-refractivity contribution >= 4 is 0 Å². The van der Waals surface area contributed by atoms with E-state index in [1.54, 1.807) is 0 Å². The molecule has 0 fully saturated rings. The highest BCUT2D eigenvalue weighted by Gasteiger charge is 2.00. The average molecular weight is 247 g/mol. The van der Waals surface area contributed by atoms with Crippen LogP contribution in [-0.4, -0.2) is 43.4 Å². The maximum Gasteiger partial charge on any atom is 0.104 e. The summed E-state index contributed by atoms with van der Waals surface area (Å²) in [6, 6.07) is 8.08. The Hall–Kier alpha value is -1.34. The van der Waals surface area contributed by atoms with Crippen molar-refractivity contribution in [1.82, 2.24) is 4.90 Å². The van der Waals surface area contributed by atoms with Crippen molar-refractivity contribution in [1.29, 1.82) is 0 Å². The lowest BCUT2D eigenvalue weighted by Crippen LogP contribution is -2.22. The topological polar surface area (TPSA) is 32.7 Å². The standard InChI is InChI=1S/C15H21NO2/c1-3-18-11-9-16(2)13-15-7-4-6-14(12-15)8-5-10-17/h4,6-7,12,17H,3,9-11,13H2,1-2H3. The fourth-order valence-electron chi connectivity index (χ4n) is 1.64. The first-order valence-corrected chi connectivity index (χ1v) is 6.21. The van der Waals surface area contributed by atoms with Gasteiger partial charge in [0.05, 0.1) is 6.61 Å². The molecule has 0 bridgehead atoms. The number of hydrogen-bond donors (Lipinski definition) is 1. The summed E-state index contributed by atoms with van der Waals surface area (Å²) in [5, 5.41) is 8.67. The number of aliphatic hydroxyl groups excluding tert-OH is 1. The normalized spacial score (nSPS) is 10.2. The van der Waals surface area contributed by atoms with Crippen LogP contribution in [0.5, 0.6) is 0 Å². The van der Waals surface area contributed by atoms with Gasteiger partial charge in [-0.3, -0.25) is 4.90 Å². The molecule has 0 spiro atoms. The van der Waals surface area contributed by atoms with E-state index >= 15 is 0 Å². The zero-order chi connectivity index (χ0) is 13.2. The predicted octanol–water partition coefficient (Wildman–Crippen LogP) is 1.50. The van der Waals surface area contributed by atoms with E-state index in [0.717, 1.165) is 31.9 Å². The fourth-order valence-corrected chi connectivity index (χ4v) is 1.64. The quantitative estimate of drug-likeness (QED) is 0.611. The molecule has 98 valence electrons. The highest BCUT2D eigenvalue weighted by Crippen LogP contribution is 2.06. The molecular formula is C15H21NO2. The van der Waals surface area contributed by atoms with Crippen LogP contribution < -0.4 is 0 Å². The van der Waals surface area contributed by atoms with E-state index in [1.807, 2.05) is 19.1 Å². The Balaban J connectivity index is 2.50. The van der Waals surface area contributed by atoms with Crippen LogP contribution in [0.2, 0.25) is 0 Å². The van der Waals surface area contributed by atoms with Gasteiger partial charge in [0.25, 0.3) is 0 Å². The zero-order valence-corrected chi connectivity index (χ0v) is 11.1. The molecule has 0 aliphatic rings. The number of nitrogens with zero attached hydrogens (tertiary/aromatic N) is 1. The minimum atomic E-state index is -0.0987. The van der Waals surface area contributed by atoms with Gasteiger partial charge in [0.2, 0.25) is 0 Å². The fraction of sp³-hybridized carbons (Fsp3) is 0.467. The van der Waals surface area contributed by atoms with Crippen LogP contribution in [-0.2, 0) is 11.3 Å². The molecule has 1 aromatic carbocycles. The van der Waals surface area contributed by atoms with Crippen molar-refractivity contribution in [2.24, 2.45) is 0 Å². The predicted molar refractivity (Wildman–Crippen MR) is 73.2 cm³/mol. The van der Waals surface area contributed by atoms with Gasteiger partial charge in [-0.1, -0.05) is 24.0 Å². The summed E-state index contributed by atoms with van der Waals surface area (Å²) in [7, 11) is 2.07. The van der Waals surface area contributed by atoms with E-state index in [0.29, 0.717) is 0 Å². The van der Waals surface area contributed by atoms with Gasteiger partial charge in [0, 0.05) is 25.3 Å². The maximum atomic E-state index is 8.67. The Kier molecular flexibility index (Phi) is 7.12. The molecule has 0 radical (unpaired) electrons. The molecule has 0 saturated heterocycles. The molecule has 0 aliphatic heterocycles. The van der Waals surface area contributed by atoms with Gasteiger partial charge in [-0.25, -0.2) is 0 Å². The molecule has 3 nitrogen and oxygen atoms in total. The van der Waals surface area contributed by atoms with Crippen LogP contribution in [0.15, 0.2) is 24.3 Å². The van der Waals surface area contributed by atoms with Crippen molar-refractivity contribution in [3.8, 4) is 11.8 Å². The van der Waals surface area contributed by atoms with Crippen molar-refractivity contribution in [3.63, 3.8) is 0 Å². The molecule has 18 heavy (non-hydrogen) atoms. The Morgan fingerprint density at radius 2 is 2.22 bits per heavy atom. The number of ether oxygens (including phenoxy) is 1. The monoisotopic (exact) mass is 247 g/mol. The molecule has 0 aliphatic carbocycles. The minimum Gasteiger partial charge on any atom is -0.384 e. The number of rotatable bonds is 6. The lowest BCUT2D eigenvalue weighted by Gasteiger charge is -2.16. The summed E-state index contributed by atoms with van der Waals surface area (Å²) in [6.45, 7) is 5.22. The summed E-state index contributed by atoms with van der Waals surface area (Å²) in [5.41, 5.74) is 2.17. The molecule has 0 saturated carbocycles. The second-order valence-corrected chi connectivity index (χ2v) is 4.09.